The van der Waals surface area contributed by atoms with Crippen LogP contribution in [0.2, 0.25) is 0 Å². The van der Waals surface area contributed by atoms with Crippen molar-refractivity contribution in [2.24, 2.45) is 5.41 Å². The van der Waals surface area contributed by atoms with Gasteiger partial charge in [-0.25, -0.2) is 0 Å². The first kappa shape index (κ1) is 16.2. The molecule has 0 unspecified atom stereocenters. The maximum atomic E-state index is 13.0. The van der Waals surface area contributed by atoms with Crippen LogP contribution in [0.4, 0.5) is 11.4 Å². The molecule has 5 nitrogen and oxygen atoms in total. The minimum atomic E-state index is -0.460. The van der Waals surface area contributed by atoms with Crippen LogP contribution < -0.4 is 4.90 Å². The number of nitro groups is 1. The van der Waals surface area contributed by atoms with Gasteiger partial charge in [0.25, 0.3) is 11.6 Å². The Morgan fingerprint density at radius 1 is 1.12 bits per heavy atom. The summed E-state index contributed by atoms with van der Waals surface area (Å²) >= 11 is 0. The predicted octanol–water partition coefficient (Wildman–Crippen LogP) is 4.21. The van der Waals surface area contributed by atoms with Crippen LogP contribution in [0.25, 0.3) is 0 Å². The highest BCUT2D eigenvalue weighted by atomic mass is 16.6. The zero-order valence-corrected chi connectivity index (χ0v) is 13.9. The van der Waals surface area contributed by atoms with Gasteiger partial charge in [-0.15, -0.1) is 0 Å². The Balaban J connectivity index is 1.98. The summed E-state index contributed by atoms with van der Waals surface area (Å²) in [6.07, 6.45) is 1.95. The Bertz CT molecular complexity index is 781. The van der Waals surface area contributed by atoms with E-state index in [9.17, 15) is 14.9 Å². The van der Waals surface area contributed by atoms with E-state index in [0.29, 0.717) is 12.1 Å². The Labute approximate surface area is 141 Å². The first-order valence-electron chi connectivity index (χ1n) is 8.02. The van der Waals surface area contributed by atoms with Crippen molar-refractivity contribution in [2.75, 3.05) is 11.4 Å². The molecular weight excluding hydrogens is 304 g/mol. The monoisotopic (exact) mass is 324 g/mol. The second kappa shape index (κ2) is 6.07. The zero-order valence-electron chi connectivity index (χ0n) is 13.9. The fraction of sp³-hybridized carbons (Fsp3) is 0.316. The highest BCUT2D eigenvalue weighted by molar-refractivity contribution is 6.06. The average Bonchev–Trinajstić information content (AvgIpc) is 2.71. The van der Waals surface area contributed by atoms with Crippen LogP contribution >= 0.6 is 0 Å². The second-order valence-corrected chi connectivity index (χ2v) is 6.99. The highest BCUT2D eigenvalue weighted by Crippen LogP contribution is 2.35. The van der Waals surface area contributed by atoms with Gasteiger partial charge in [-0.2, -0.15) is 0 Å². The van der Waals surface area contributed by atoms with Gasteiger partial charge < -0.3 is 4.90 Å². The topological polar surface area (TPSA) is 63.5 Å². The largest absolute Gasteiger partial charge is 0.308 e. The van der Waals surface area contributed by atoms with Crippen molar-refractivity contribution in [3.63, 3.8) is 0 Å². The molecule has 124 valence electrons. The van der Waals surface area contributed by atoms with E-state index in [2.05, 4.69) is 19.9 Å². The second-order valence-electron chi connectivity index (χ2n) is 6.99. The molecule has 3 rings (SSSR count). The molecule has 1 aliphatic heterocycles. The predicted molar refractivity (Wildman–Crippen MR) is 93.3 cm³/mol. The SMILES string of the molecule is CC1(C)CCc2ccccc2N(C(=O)c2ccc([N+](=O)[O-])cc2)C1. The lowest BCUT2D eigenvalue weighted by Gasteiger charge is -2.30. The molecule has 5 heteroatoms. The number of non-ortho nitro benzene ring substituents is 1. The third-order valence-corrected chi connectivity index (χ3v) is 4.51. The molecule has 0 aromatic heterocycles. The number of benzene rings is 2. The third kappa shape index (κ3) is 3.15. The summed E-state index contributed by atoms with van der Waals surface area (Å²) in [7, 11) is 0. The lowest BCUT2D eigenvalue weighted by Crippen LogP contribution is -2.38. The van der Waals surface area contributed by atoms with E-state index in [1.807, 2.05) is 23.1 Å². The van der Waals surface area contributed by atoms with Crippen LogP contribution in [0.15, 0.2) is 48.5 Å². The van der Waals surface area contributed by atoms with Crippen molar-refractivity contribution >= 4 is 17.3 Å². The standard InChI is InChI=1S/C19H20N2O3/c1-19(2)12-11-14-5-3-4-6-17(14)20(13-19)18(22)15-7-9-16(10-8-15)21(23)24/h3-10H,11-13H2,1-2H3. The first-order chi connectivity index (χ1) is 11.4. The third-order valence-electron chi connectivity index (χ3n) is 4.51. The average molecular weight is 324 g/mol. The molecule has 1 amide bonds. The molecule has 2 aromatic rings. The normalized spacial score (nSPS) is 16.2. The quantitative estimate of drug-likeness (QED) is 0.614. The number of amides is 1. The van der Waals surface area contributed by atoms with Crippen molar-refractivity contribution in [3.8, 4) is 0 Å². The Hall–Kier alpha value is -2.69. The van der Waals surface area contributed by atoms with Crippen molar-refractivity contribution in [3.05, 3.63) is 69.8 Å². The van der Waals surface area contributed by atoms with Gasteiger partial charge in [0.2, 0.25) is 0 Å². The van der Waals surface area contributed by atoms with Crippen LogP contribution in [-0.2, 0) is 6.42 Å². The van der Waals surface area contributed by atoms with E-state index in [0.717, 1.165) is 18.5 Å². The number of carbonyl (C=O) groups is 1. The van der Waals surface area contributed by atoms with Crippen LogP contribution in [0.1, 0.15) is 36.2 Å². The fourth-order valence-corrected chi connectivity index (χ4v) is 3.11. The van der Waals surface area contributed by atoms with Gasteiger partial charge in [-0.3, -0.25) is 14.9 Å². The number of nitrogens with zero attached hydrogens (tertiary/aromatic N) is 2. The zero-order chi connectivity index (χ0) is 17.3. The van der Waals surface area contributed by atoms with Crippen LogP contribution in [0.3, 0.4) is 0 Å². The van der Waals surface area contributed by atoms with Crippen molar-refractivity contribution in [2.45, 2.75) is 26.7 Å². The molecule has 0 radical (unpaired) electrons. The number of para-hydroxylation sites is 1. The molecule has 1 heterocycles. The van der Waals surface area contributed by atoms with Gasteiger partial charge in [0.15, 0.2) is 0 Å². The molecule has 0 saturated heterocycles. The summed E-state index contributed by atoms with van der Waals surface area (Å²) in [4.78, 5) is 25.2. The molecule has 0 bridgehead atoms. The highest BCUT2D eigenvalue weighted by Gasteiger charge is 2.31. The van der Waals surface area contributed by atoms with Crippen LogP contribution in [0.5, 0.6) is 0 Å². The van der Waals surface area contributed by atoms with Crippen LogP contribution in [-0.4, -0.2) is 17.4 Å². The van der Waals surface area contributed by atoms with E-state index < -0.39 is 4.92 Å². The van der Waals surface area contributed by atoms with Crippen LogP contribution in [0, 0.1) is 15.5 Å². The molecule has 0 N–H and O–H groups in total. The van der Waals surface area contributed by atoms with E-state index in [-0.39, 0.29) is 17.0 Å². The van der Waals surface area contributed by atoms with Gasteiger partial charge in [0.1, 0.15) is 0 Å². The molecule has 0 atom stereocenters. The van der Waals surface area contributed by atoms with Gasteiger partial charge in [-0.1, -0.05) is 32.0 Å². The number of hydrogen-bond acceptors (Lipinski definition) is 3. The van der Waals surface area contributed by atoms with E-state index in [1.54, 1.807) is 0 Å². The summed E-state index contributed by atoms with van der Waals surface area (Å²) in [6, 6.07) is 13.8. The number of nitro benzene ring substituents is 1. The fourth-order valence-electron chi connectivity index (χ4n) is 3.11. The molecule has 2 aromatic carbocycles. The molecule has 0 spiro atoms. The van der Waals surface area contributed by atoms with E-state index in [4.69, 9.17) is 0 Å². The number of aryl methyl sites for hydroxylation is 1. The molecule has 0 aliphatic carbocycles. The smallest absolute Gasteiger partial charge is 0.269 e. The maximum absolute atomic E-state index is 13.0. The number of carbonyl (C=O) groups excluding carboxylic acids is 1. The molecule has 24 heavy (non-hydrogen) atoms. The molecular formula is C19H20N2O3. The molecule has 1 aliphatic rings. The molecule has 0 saturated carbocycles. The molecule has 0 fully saturated rings. The van der Waals surface area contributed by atoms with Crippen molar-refractivity contribution < 1.29 is 9.72 Å². The first-order valence-corrected chi connectivity index (χ1v) is 8.02. The minimum absolute atomic E-state index is 0.00938. The number of hydrogen-bond donors (Lipinski definition) is 0. The number of anilines is 1. The summed E-state index contributed by atoms with van der Waals surface area (Å²) < 4.78 is 0. The summed E-state index contributed by atoms with van der Waals surface area (Å²) in [5.74, 6) is -0.118. The van der Waals surface area contributed by atoms with E-state index in [1.165, 1.54) is 29.8 Å². The van der Waals surface area contributed by atoms with Gasteiger partial charge in [0.05, 0.1) is 4.92 Å². The summed E-state index contributed by atoms with van der Waals surface area (Å²) in [6.45, 7) is 4.95. The lowest BCUT2D eigenvalue weighted by molar-refractivity contribution is -0.384. The van der Waals surface area contributed by atoms with Gasteiger partial charge >= 0.3 is 0 Å². The van der Waals surface area contributed by atoms with Gasteiger partial charge in [-0.05, 0) is 42.0 Å². The Morgan fingerprint density at radius 2 is 1.79 bits per heavy atom. The van der Waals surface area contributed by atoms with Gasteiger partial charge in [0, 0.05) is 29.9 Å². The Kier molecular flexibility index (Phi) is 4.09. The summed E-state index contributed by atoms with van der Waals surface area (Å²) in [5, 5.41) is 10.8. The lowest BCUT2D eigenvalue weighted by atomic mass is 9.87. The number of fused-ring (bicyclic) bond motifs is 1. The maximum Gasteiger partial charge on any atom is 0.269 e. The van der Waals surface area contributed by atoms with Crippen molar-refractivity contribution in [1.82, 2.24) is 0 Å². The number of rotatable bonds is 2. The Morgan fingerprint density at radius 3 is 2.46 bits per heavy atom. The minimum Gasteiger partial charge on any atom is -0.308 e. The van der Waals surface area contributed by atoms with Crippen molar-refractivity contribution in [1.29, 1.82) is 0 Å². The van der Waals surface area contributed by atoms with E-state index >= 15 is 0 Å². The summed E-state index contributed by atoms with van der Waals surface area (Å²) in [5.41, 5.74) is 2.57.